The number of carbonyl (C=O) groups is 1. The molecular formula is C20H32O. The third-order valence-electron chi connectivity index (χ3n) is 4.27. The van der Waals surface area contributed by atoms with Crippen LogP contribution in [0.5, 0.6) is 0 Å². The van der Waals surface area contributed by atoms with E-state index >= 15 is 0 Å². The van der Waals surface area contributed by atoms with Crippen LogP contribution in [0, 0.1) is 5.92 Å². The SMILES string of the molecule is CCCCCCCCC(C=O)Cc1ccc(C(C)C)cc1. The van der Waals surface area contributed by atoms with Crippen LogP contribution < -0.4 is 0 Å². The molecule has 1 unspecified atom stereocenters. The lowest BCUT2D eigenvalue weighted by molar-refractivity contribution is -0.111. The minimum Gasteiger partial charge on any atom is -0.303 e. The molecule has 0 fully saturated rings. The van der Waals surface area contributed by atoms with Crippen LogP contribution in [0.15, 0.2) is 24.3 Å². The summed E-state index contributed by atoms with van der Waals surface area (Å²) in [6, 6.07) is 8.78. The summed E-state index contributed by atoms with van der Waals surface area (Å²) < 4.78 is 0. The summed E-state index contributed by atoms with van der Waals surface area (Å²) in [7, 11) is 0. The van der Waals surface area contributed by atoms with Crippen molar-refractivity contribution in [2.24, 2.45) is 5.92 Å². The zero-order valence-corrected chi connectivity index (χ0v) is 14.1. The monoisotopic (exact) mass is 288 g/mol. The topological polar surface area (TPSA) is 17.1 Å². The molecule has 0 radical (unpaired) electrons. The molecule has 0 bridgehead atoms. The first kappa shape index (κ1) is 17.9. The van der Waals surface area contributed by atoms with Gasteiger partial charge in [0.05, 0.1) is 0 Å². The summed E-state index contributed by atoms with van der Waals surface area (Å²) in [6.45, 7) is 6.66. The molecule has 0 aromatic heterocycles. The predicted octanol–water partition coefficient (Wildman–Crippen LogP) is 5.92. The Morgan fingerprint density at radius 1 is 0.952 bits per heavy atom. The van der Waals surface area contributed by atoms with Crippen LogP contribution in [-0.4, -0.2) is 6.29 Å². The van der Waals surface area contributed by atoms with Gasteiger partial charge in [-0.05, 0) is 29.9 Å². The third-order valence-corrected chi connectivity index (χ3v) is 4.27. The van der Waals surface area contributed by atoms with Crippen LogP contribution in [0.1, 0.15) is 82.8 Å². The van der Waals surface area contributed by atoms with Crippen LogP contribution in [0.25, 0.3) is 0 Å². The number of rotatable bonds is 11. The highest BCUT2D eigenvalue weighted by molar-refractivity contribution is 5.54. The highest BCUT2D eigenvalue weighted by Crippen LogP contribution is 2.19. The summed E-state index contributed by atoms with van der Waals surface area (Å²) >= 11 is 0. The van der Waals surface area contributed by atoms with Gasteiger partial charge in [0.15, 0.2) is 0 Å². The number of hydrogen-bond acceptors (Lipinski definition) is 1. The fraction of sp³-hybridized carbons (Fsp3) is 0.650. The van der Waals surface area contributed by atoms with Gasteiger partial charge in [0, 0.05) is 5.92 Å². The summed E-state index contributed by atoms with van der Waals surface area (Å²) in [6.07, 6.45) is 10.9. The van der Waals surface area contributed by atoms with Crippen LogP contribution in [0.4, 0.5) is 0 Å². The van der Waals surface area contributed by atoms with E-state index in [0.717, 1.165) is 19.1 Å². The Kier molecular flexibility index (Phi) is 9.05. The lowest BCUT2D eigenvalue weighted by atomic mass is 9.93. The van der Waals surface area contributed by atoms with E-state index in [-0.39, 0.29) is 5.92 Å². The second-order valence-electron chi connectivity index (χ2n) is 6.55. The number of unbranched alkanes of at least 4 members (excludes halogenated alkanes) is 5. The van der Waals surface area contributed by atoms with Gasteiger partial charge in [-0.1, -0.05) is 83.6 Å². The minimum atomic E-state index is 0.195. The van der Waals surface area contributed by atoms with Gasteiger partial charge in [0.25, 0.3) is 0 Å². The van der Waals surface area contributed by atoms with E-state index in [9.17, 15) is 4.79 Å². The summed E-state index contributed by atoms with van der Waals surface area (Å²) in [5.74, 6) is 0.769. The molecule has 118 valence electrons. The maximum atomic E-state index is 11.3. The molecule has 21 heavy (non-hydrogen) atoms. The molecular weight excluding hydrogens is 256 g/mol. The Bertz CT molecular complexity index is 377. The van der Waals surface area contributed by atoms with Gasteiger partial charge in [-0.15, -0.1) is 0 Å². The highest BCUT2D eigenvalue weighted by atomic mass is 16.1. The molecule has 1 aromatic carbocycles. The zero-order chi connectivity index (χ0) is 15.5. The van der Waals surface area contributed by atoms with Crippen LogP contribution in [-0.2, 0) is 11.2 Å². The van der Waals surface area contributed by atoms with Gasteiger partial charge >= 0.3 is 0 Å². The van der Waals surface area contributed by atoms with Gasteiger partial charge in [0.1, 0.15) is 6.29 Å². The van der Waals surface area contributed by atoms with Crippen molar-refractivity contribution in [1.29, 1.82) is 0 Å². The van der Waals surface area contributed by atoms with E-state index in [1.165, 1.54) is 49.7 Å². The summed E-state index contributed by atoms with van der Waals surface area (Å²) in [5.41, 5.74) is 2.67. The van der Waals surface area contributed by atoms with E-state index in [2.05, 4.69) is 45.0 Å². The van der Waals surface area contributed by atoms with Gasteiger partial charge < -0.3 is 4.79 Å². The van der Waals surface area contributed by atoms with Crippen molar-refractivity contribution in [3.05, 3.63) is 35.4 Å². The first-order chi connectivity index (χ1) is 10.2. The average molecular weight is 288 g/mol. The van der Waals surface area contributed by atoms with Crippen molar-refractivity contribution < 1.29 is 4.79 Å². The molecule has 0 aliphatic carbocycles. The molecule has 1 rings (SSSR count). The van der Waals surface area contributed by atoms with Crippen molar-refractivity contribution in [3.8, 4) is 0 Å². The molecule has 1 nitrogen and oxygen atoms in total. The Labute approximate surface area is 131 Å². The fourth-order valence-corrected chi connectivity index (χ4v) is 2.75. The van der Waals surface area contributed by atoms with Crippen molar-refractivity contribution in [3.63, 3.8) is 0 Å². The van der Waals surface area contributed by atoms with Gasteiger partial charge in [-0.2, -0.15) is 0 Å². The molecule has 0 N–H and O–H groups in total. The van der Waals surface area contributed by atoms with Gasteiger partial charge in [-0.25, -0.2) is 0 Å². The van der Waals surface area contributed by atoms with E-state index in [4.69, 9.17) is 0 Å². The standard InChI is InChI=1S/C20H32O/c1-4-5-6-7-8-9-10-19(16-21)15-18-11-13-20(14-12-18)17(2)3/h11-14,16-17,19H,4-10,15H2,1-3H3. The van der Waals surface area contributed by atoms with E-state index < -0.39 is 0 Å². The molecule has 0 saturated heterocycles. The Morgan fingerprint density at radius 2 is 1.57 bits per heavy atom. The highest BCUT2D eigenvalue weighted by Gasteiger charge is 2.09. The minimum absolute atomic E-state index is 0.195. The molecule has 1 heteroatoms. The van der Waals surface area contributed by atoms with Crippen molar-refractivity contribution in [2.45, 2.75) is 78.1 Å². The lowest BCUT2D eigenvalue weighted by Crippen LogP contribution is -2.06. The van der Waals surface area contributed by atoms with Crippen molar-refractivity contribution >= 4 is 6.29 Å². The predicted molar refractivity (Wildman–Crippen MR) is 91.8 cm³/mol. The van der Waals surface area contributed by atoms with Crippen LogP contribution in [0.2, 0.25) is 0 Å². The quantitative estimate of drug-likeness (QED) is 0.365. The van der Waals surface area contributed by atoms with Crippen LogP contribution >= 0.6 is 0 Å². The molecule has 0 aliphatic heterocycles. The summed E-state index contributed by atoms with van der Waals surface area (Å²) in [4.78, 5) is 11.3. The van der Waals surface area contributed by atoms with Crippen molar-refractivity contribution in [2.75, 3.05) is 0 Å². The van der Waals surface area contributed by atoms with E-state index in [1.807, 2.05) is 0 Å². The number of aldehydes is 1. The molecule has 0 saturated carbocycles. The van der Waals surface area contributed by atoms with E-state index in [0.29, 0.717) is 5.92 Å². The first-order valence-electron chi connectivity index (χ1n) is 8.71. The zero-order valence-electron chi connectivity index (χ0n) is 14.1. The van der Waals surface area contributed by atoms with Crippen LogP contribution in [0.3, 0.4) is 0 Å². The largest absolute Gasteiger partial charge is 0.303 e. The second kappa shape index (κ2) is 10.6. The number of benzene rings is 1. The number of carbonyl (C=O) groups excluding carboxylic acids is 1. The normalized spacial score (nSPS) is 12.6. The maximum Gasteiger partial charge on any atom is 0.123 e. The Hall–Kier alpha value is -1.11. The maximum absolute atomic E-state index is 11.3. The summed E-state index contributed by atoms with van der Waals surface area (Å²) in [5, 5.41) is 0. The number of hydrogen-bond donors (Lipinski definition) is 0. The lowest BCUT2D eigenvalue weighted by Gasteiger charge is -2.11. The molecule has 1 atom stereocenters. The second-order valence-corrected chi connectivity index (χ2v) is 6.55. The average Bonchev–Trinajstić information content (AvgIpc) is 2.50. The fourth-order valence-electron chi connectivity index (χ4n) is 2.75. The molecule has 0 amide bonds. The molecule has 0 aliphatic rings. The molecule has 1 aromatic rings. The van der Waals surface area contributed by atoms with Gasteiger partial charge in [-0.3, -0.25) is 0 Å². The third kappa shape index (κ3) is 7.45. The first-order valence-corrected chi connectivity index (χ1v) is 8.71. The molecule has 0 spiro atoms. The Morgan fingerprint density at radius 3 is 2.14 bits per heavy atom. The van der Waals surface area contributed by atoms with E-state index in [1.54, 1.807) is 0 Å². The molecule has 0 heterocycles. The smallest absolute Gasteiger partial charge is 0.123 e. The van der Waals surface area contributed by atoms with Gasteiger partial charge in [0.2, 0.25) is 0 Å². The Balaban J connectivity index is 2.31. The van der Waals surface area contributed by atoms with Crippen molar-refractivity contribution in [1.82, 2.24) is 0 Å².